The van der Waals surface area contributed by atoms with Crippen molar-refractivity contribution >= 4 is 16.9 Å². The van der Waals surface area contributed by atoms with E-state index in [1.807, 2.05) is 12.3 Å². The van der Waals surface area contributed by atoms with Gasteiger partial charge >= 0.3 is 0 Å². The second-order valence-electron chi connectivity index (χ2n) is 6.07. The summed E-state index contributed by atoms with van der Waals surface area (Å²) in [7, 11) is 0. The lowest BCUT2D eigenvalue weighted by molar-refractivity contribution is 0.0389. The minimum atomic E-state index is 0.612. The van der Waals surface area contributed by atoms with E-state index < -0.39 is 0 Å². The maximum atomic E-state index is 5.38. The molecule has 1 aliphatic rings. The topological polar surface area (TPSA) is 61.8 Å². The molecule has 2 aromatic rings. The molecule has 0 saturated carbocycles. The Balaban J connectivity index is 1.59. The normalized spacial score (nSPS) is 16.1. The molecule has 1 aromatic heterocycles. The monoisotopic (exact) mass is 341 g/mol. The number of nitrogens with zero attached hydrogens (tertiary/aromatic N) is 3. The Hall–Kier alpha value is -2.18. The second kappa shape index (κ2) is 9.34. The number of pyridine rings is 1. The molecule has 3 rings (SSSR count). The SMILES string of the molecule is CCNC(=NCc1cccc2cccnc12)NCCN1CCOCC1. The number of guanidine groups is 1. The van der Waals surface area contributed by atoms with Gasteiger partial charge in [0.15, 0.2) is 5.96 Å². The molecule has 0 amide bonds. The molecule has 2 heterocycles. The molecular formula is C19H27N5O. The molecule has 1 fully saturated rings. The summed E-state index contributed by atoms with van der Waals surface area (Å²) < 4.78 is 5.38. The zero-order chi connectivity index (χ0) is 17.3. The average Bonchev–Trinajstić information content (AvgIpc) is 2.67. The Morgan fingerprint density at radius 1 is 1.20 bits per heavy atom. The lowest BCUT2D eigenvalue weighted by atomic mass is 10.1. The van der Waals surface area contributed by atoms with Crippen molar-refractivity contribution in [2.24, 2.45) is 4.99 Å². The summed E-state index contributed by atoms with van der Waals surface area (Å²) in [6.07, 6.45) is 1.83. The highest BCUT2D eigenvalue weighted by Gasteiger charge is 2.09. The summed E-state index contributed by atoms with van der Waals surface area (Å²) >= 11 is 0. The summed E-state index contributed by atoms with van der Waals surface area (Å²) in [5.74, 6) is 0.851. The van der Waals surface area contributed by atoms with Gasteiger partial charge in [0, 0.05) is 44.3 Å². The van der Waals surface area contributed by atoms with Crippen LogP contribution in [0.1, 0.15) is 12.5 Å². The van der Waals surface area contributed by atoms with E-state index >= 15 is 0 Å². The van der Waals surface area contributed by atoms with Crippen LogP contribution in [0.3, 0.4) is 0 Å². The first-order chi connectivity index (χ1) is 12.4. The minimum Gasteiger partial charge on any atom is -0.379 e. The Labute approximate surface area is 149 Å². The first-order valence-electron chi connectivity index (χ1n) is 9.01. The van der Waals surface area contributed by atoms with Crippen molar-refractivity contribution in [3.05, 3.63) is 42.1 Å². The van der Waals surface area contributed by atoms with E-state index in [9.17, 15) is 0 Å². The van der Waals surface area contributed by atoms with Gasteiger partial charge in [0.05, 0.1) is 25.3 Å². The molecule has 25 heavy (non-hydrogen) atoms. The summed E-state index contributed by atoms with van der Waals surface area (Å²) in [5.41, 5.74) is 2.17. The number of benzene rings is 1. The molecule has 0 aliphatic carbocycles. The van der Waals surface area contributed by atoms with Crippen LogP contribution in [0.15, 0.2) is 41.5 Å². The molecule has 0 spiro atoms. The van der Waals surface area contributed by atoms with Crippen molar-refractivity contribution in [2.75, 3.05) is 45.9 Å². The number of hydrogen-bond donors (Lipinski definition) is 2. The summed E-state index contributed by atoms with van der Waals surface area (Å²) in [6, 6.07) is 10.3. The number of aromatic nitrogens is 1. The van der Waals surface area contributed by atoms with Gasteiger partial charge < -0.3 is 15.4 Å². The Kier molecular flexibility index (Phi) is 6.59. The van der Waals surface area contributed by atoms with Crippen LogP contribution in [0.2, 0.25) is 0 Å². The van der Waals surface area contributed by atoms with Gasteiger partial charge in [-0.1, -0.05) is 24.3 Å². The number of aliphatic imine (C=N–C) groups is 1. The molecule has 1 saturated heterocycles. The fourth-order valence-electron chi connectivity index (χ4n) is 2.96. The summed E-state index contributed by atoms with van der Waals surface area (Å²) in [5, 5.41) is 7.89. The van der Waals surface area contributed by atoms with E-state index in [1.165, 1.54) is 0 Å². The van der Waals surface area contributed by atoms with Crippen molar-refractivity contribution in [1.29, 1.82) is 0 Å². The van der Waals surface area contributed by atoms with Gasteiger partial charge in [0.1, 0.15) is 0 Å². The van der Waals surface area contributed by atoms with Crippen molar-refractivity contribution in [3.8, 4) is 0 Å². The maximum absolute atomic E-state index is 5.38. The highest BCUT2D eigenvalue weighted by Crippen LogP contribution is 2.16. The number of morpholine rings is 1. The van der Waals surface area contributed by atoms with Crippen molar-refractivity contribution in [2.45, 2.75) is 13.5 Å². The predicted molar refractivity (Wildman–Crippen MR) is 102 cm³/mol. The van der Waals surface area contributed by atoms with Crippen LogP contribution < -0.4 is 10.6 Å². The standard InChI is InChI=1S/C19H27N5O/c1-2-20-19(22-9-10-24-11-13-25-14-12-24)23-15-17-6-3-5-16-7-4-8-21-18(16)17/h3-8H,2,9-15H2,1H3,(H2,20,22,23). The molecule has 0 unspecified atom stereocenters. The number of rotatable bonds is 6. The van der Waals surface area contributed by atoms with Crippen LogP contribution in [-0.2, 0) is 11.3 Å². The first-order valence-corrected chi connectivity index (χ1v) is 9.01. The smallest absolute Gasteiger partial charge is 0.191 e. The van der Waals surface area contributed by atoms with Gasteiger partial charge in [0.2, 0.25) is 0 Å². The van der Waals surface area contributed by atoms with E-state index in [4.69, 9.17) is 9.73 Å². The zero-order valence-corrected chi connectivity index (χ0v) is 14.9. The third-order valence-corrected chi connectivity index (χ3v) is 4.29. The van der Waals surface area contributed by atoms with Crippen molar-refractivity contribution in [1.82, 2.24) is 20.5 Å². The van der Waals surface area contributed by atoms with E-state index in [2.05, 4.69) is 51.7 Å². The van der Waals surface area contributed by atoms with Crippen LogP contribution in [-0.4, -0.2) is 61.8 Å². The third kappa shape index (κ3) is 5.14. The van der Waals surface area contributed by atoms with Crippen molar-refractivity contribution in [3.63, 3.8) is 0 Å². The largest absolute Gasteiger partial charge is 0.379 e. The van der Waals surface area contributed by atoms with E-state index in [-0.39, 0.29) is 0 Å². The van der Waals surface area contributed by atoms with Gasteiger partial charge in [-0.25, -0.2) is 4.99 Å². The molecule has 1 aromatic carbocycles. The average molecular weight is 341 g/mol. The van der Waals surface area contributed by atoms with Crippen LogP contribution in [0, 0.1) is 0 Å². The number of fused-ring (bicyclic) bond motifs is 1. The Morgan fingerprint density at radius 3 is 2.88 bits per heavy atom. The zero-order valence-electron chi connectivity index (χ0n) is 14.9. The van der Waals surface area contributed by atoms with Gasteiger partial charge in [-0.3, -0.25) is 9.88 Å². The first kappa shape index (κ1) is 17.6. The fourth-order valence-corrected chi connectivity index (χ4v) is 2.96. The third-order valence-electron chi connectivity index (χ3n) is 4.29. The Bertz CT molecular complexity index is 692. The van der Waals surface area contributed by atoms with Gasteiger partial charge in [-0.2, -0.15) is 0 Å². The number of ether oxygens (including phenoxy) is 1. The molecule has 2 N–H and O–H groups in total. The molecule has 6 nitrogen and oxygen atoms in total. The fraction of sp³-hybridized carbons (Fsp3) is 0.474. The minimum absolute atomic E-state index is 0.612. The summed E-state index contributed by atoms with van der Waals surface area (Å²) in [4.78, 5) is 11.6. The van der Waals surface area contributed by atoms with Gasteiger partial charge in [0.25, 0.3) is 0 Å². The molecule has 134 valence electrons. The van der Waals surface area contributed by atoms with Crippen molar-refractivity contribution < 1.29 is 4.74 Å². The number of para-hydroxylation sites is 1. The lowest BCUT2D eigenvalue weighted by Gasteiger charge is -2.26. The van der Waals surface area contributed by atoms with Gasteiger partial charge in [-0.05, 0) is 18.6 Å². The number of nitrogens with one attached hydrogen (secondary N) is 2. The van der Waals surface area contributed by atoms with Gasteiger partial charge in [-0.15, -0.1) is 0 Å². The molecule has 1 aliphatic heterocycles. The predicted octanol–water partition coefficient (Wildman–Crippen LogP) is 1.62. The quantitative estimate of drug-likeness (QED) is 0.618. The molecule has 0 radical (unpaired) electrons. The number of hydrogen-bond acceptors (Lipinski definition) is 4. The molecule has 6 heteroatoms. The highest BCUT2D eigenvalue weighted by atomic mass is 16.5. The van der Waals surface area contributed by atoms with E-state index in [0.29, 0.717) is 6.54 Å². The molecule has 0 bridgehead atoms. The molecule has 0 atom stereocenters. The maximum Gasteiger partial charge on any atom is 0.191 e. The van der Waals surface area contributed by atoms with E-state index in [0.717, 1.165) is 68.4 Å². The Morgan fingerprint density at radius 2 is 2.04 bits per heavy atom. The second-order valence-corrected chi connectivity index (χ2v) is 6.07. The summed E-state index contributed by atoms with van der Waals surface area (Å²) in [6.45, 7) is 9.11. The van der Waals surface area contributed by atoms with Crippen LogP contribution in [0.25, 0.3) is 10.9 Å². The van der Waals surface area contributed by atoms with Crippen LogP contribution in [0.5, 0.6) is 0 Å². The van der Waals surface area contributed by atoms with Crippen LogP contribution in [0.4, 0.5) is 0 Å². The highest BCUT2D eigenvalue weighted by molar-refractivity contribution is 5.83. The lowest BCUT2D eigenvalue weighted by Crippen LogP contribution is -2.44. The molecular weight excluding hydrogens is 314 g/mol. The van der Waals surface area contributed by atoms with E-state index in [1.54, 1.807) is 0 Å². The van der Waals surface area contributed by atoms with Crippen LogP contribution >= 0.6 is 0 Å².